The third-order valence-electron chi connectivity index (χ3n) is 4.77. The molecule has 0 bridgehead atoms. The Labute approximate surface area is 189 Å². The fourth-order valence-electron chi connectivity index (χ4n) is 3.11. The minimum absolute atomic E-state index is 0.648. The lowest BCUT2D eigenvalue weighted by molar-refractivity contribution is 0.340. The van der Waals surface area contributed by atoms with Crippen LogP contribution >= 0.6 is 12.2 Å². The van der Waals surface area contributed by atoms with Crippen LogP contribution in [0.3, 0.4) is 0 Å². The second kappa shape index (κ2) is 11.2. The van der Waals surface area contributed by atoms with E-state index in [4.69, 9.17) is 26.4 Å². The molecule has 0 aliphatic heterocycles. The van der Waals surface area contributed by atoms with Crippen LogP contribution in [0.25, 0.3) is 0 Å². The standard InChI is InChI=1S/C25H28N2O3S/c1-4-30-24-13-7-20(8-14-24)18-27(17-19-5-11-22(28-2)12-6-19)25(31)26-21-9-15-23(29-3)16-10-21/h5-16H,4,17-18H2,1-3H3,(H,26,31). The summed E-state index contributed by atoms with van der Waals surface area (Å²) in [5.41, 5.74) is 3.21. The van der Waals surface area contributed by atoms with Crippen LogP contribution in [0, 0.1) is 0 Å². The molecule has 0 amide bonds. The van der Waals surface area contributed by atoms with Crippen molar-refractivity contribution in [2.75, 3.05) is 26.1 Å². The van der Waals surface area contributed by atoms with Gasteiger partial charge in [-0.05, 0) is 78.8 Å². The molecular formula is C25H28N2O3S. The maximum atomic E-state index is 5.77. The highest BCUT2D eigenvalue weighted by atomic mass is 32.1. The predicted octanol–water partition coefficient (Wildman–Crippen LogP) is 5.50. The van der Waals surface area contributed by atoms with E-state index >= 15 is 0 Å². The Morgan fingerprint density at radius 2 is 1.19 bits per heavy atom. The van der Waals surface area contributed by atoms with Gasteiger partial charge in [0.2, 0.25) is 0 Å². The maximum absolute atomic E-state index is 5.77. The van der Waals surface area contributed by atoms with E-state index in [1.54, 1.807) is 14.2 Å². The van der Waals surface area contributed by atoms with Crippen LogP contribution in [0.2, 0.25) is 0 Å². The van der Waals surface area contributed by atoms with E-state index in [1.807, 2.05) is 55.5 Å². The van der Waals surface area contributed by atoms with Gasteiger partial charge in [0.1, 0.15) is 17.2 Å². The SMILES string of the molecule is CCOc1ccc(CN(Cc2ccc(OC)cc2)C(=S)Nc2ccc(OC)cc2)cc1. The molecule has 0 aliphatic rings. The van der Waals surface area contributed by atoms with Crippen LogP contribution in [0.4, 0.5) is 5.69 Å². The van der Waals surface area contributed by atoms with Gasteiger partial charge >= 0.3 is 0 Å². The second-order valence-electron chi connectivity index (χ2n) is 6.94. The first-order valence-corrected chi connectivity index (χ1v) is 10.6. The third kappa shape index (κ3) is 6.62. The highest BCUT2D eigenvalue weighted by Gasteiger charge is 2.12. The van der Waals surface area contributed by atoms with Crippen molar-refractivity contribution >= 4 is 23.0 Å². The quantitative estimate of drug-likeness (QED) is 0.447. The van der Waals surface area contributed by atoms with Crippen molar-refractivity contribution in [2.24, 2.45) is 0 Å². The van der Waals surface area contributed by atoms with Gasteiger partial charge in [-0.3, -0.25) is 0 Å². The van der Waals surface area contributed by atoms with Crippen molar-refractivity contribution in [1.29, 1.82) is 0 Å². The summed E-state index contributed by atoms with van der Waals surface area (Å²) in [6.45, 7) is 3.96. The van der Waals surface area contributed by atoms with E-state index in [2.05, 4.69) is 34.5 Å². The lowest BCUT2D eigenvalue weighted by atomic mass is 10.1. The number of ether oxygens (including phenoxy) is 3. The van der Waals surface area contributed by atoms with Crippen molar-refractivity contribution in [3.63, 3.8) is 0 Å². The summed E-state index contributed by atoms with van der Waals surface area (Å²) < 4.78 is 16.1. The largest absolute Gasteiger partial charge is 0.497 e. The molecule has 0 unspecified atom stereocenters. The zero-order valence-corrected chi connectivity index (χ0v) is 18.9. The van der Waals surface area contributed by atoms with Gasteiger partial charge in [-0.25, -0.2) is 0 Å². The highest BCUT2D eigenvalue weighted by Crippen LogP contribution is 2.20. The fourth-order valence-corrected chi connectivity index (χ4v) is 3.35. The monoisotopic (exact) mass is 436 g/mol. The summed E-state index contributed by atoms with van der Waals surface area (Å²) >= 11 is 5.77. The number of hydrogen-bond donors (Lipinski definition) is 1. The van der Waals surface area contributed by atoms with E-state index in [0.29, 0.717) is 24.8 Å². The Balaban J connectivity index is 1.76. The van der Waals surface area contributed by atoms with E-state index in [9.17, 15) is 0 Å². The number of rotatable bonds is 9. The molecule has 162 valence electrons. The molecule has 3 aromatic carbocycles. The molecule has 0 radical (unpaired) electrons. The molecular weight excluding hydrogens is 408 g/mol. The average Bonchev–Trinajstić information content (AvgIpc) is 2.81. The first-order valence-electron chi connectivity index (χ1n) is 10.2. The van der Waals surface area contributed by atoms with Gasteiger partial charge in [-0.2, -0.15) is 0 Å². The molecule has 0 fully saturated rings. The average molecular weight is 437 g/mol. The van der Waals surface area contributed by atoms with Gasteiger partial charge in [0.15, 0.2) is 5.11 Å². The van der Waals surface area contributed by atoms with Crippen LogP contribution in [-0.4, -0.2) is 30.8 Å². The third-order valence-corrected chi connectivity index (χ3v) is 5.13. The molecule has 6 heteroatoms. The normalized spacial score (nSPS) is 10.3. The van der Waals surface area contributed by atoms with Crippen molar-refractivity contribution in [3.05, 3.63) is 83.9 Å². The Bertz CT molecular complexity index is 958. The van der Waals surface area contributed by atoms with Gasteiger partial charge in [0.05, 0.1) is 20.8 Å². The summed E-state index contributed by atoms with van der Waals surface area (Å²) in [4.78, 5) is 2.14. The molecule has 0 aliphatic carbocycles. The summed E-state index contributed by atoms with van der Waals surface area (Å²) in [6, 6.07) is 23.9. The van der Waals surface area contributed by atoms with Crippen LogP contribution in [0.5, 0.6) is 17.2 Å². The molecule has 3 rings (SSSR count). The van der Waals surface area contributed by atoms with E-state index in [0.717, 1.165) is 34.1 Å². The number of thiocarbonyl (C=S) groups is 1. The number of anilines is 1. The molecule has 0 saturated carbocycles. The lowest BCUT2D eigenvalue weighted by Gasteiger charge is -2.26. The van der Waals surface area contributed by atoms with Crippen molar-refractivity contribution in [3.8, 4) is 17.2 Å². The number of benzene rings is 3. The Hall–Kier alpha value is -3.25. The fraction of sp³-hybridized carbons (Fsp3) is 0.240. The molecule has 31 heavy (non-hydrogen) atoms. The minimum Gasteiger partial charge on any atom is -0.497 e. The van der Waals surface area contributed by atoms with Crippen LogP contribution in [-0.2, 0) is 13.1 Å². The van der Waals surface area contributed by atoms with Gasteiger partial charge in [-0.15, -0.1) is 0 Å². The molecule has 0 spiro atoms. The Morgan fingerprint density at radius 3 is 1.65 bits per heavy atom. The maximum Gasteiger partial charge on any atom is 0.174 e. The molecule has 3 aromatic rings. The molecule has 1 N–H and O–H groups in total. The van der Waals surface area contributed by atoms with E-state index < -0.39 is 0 Å². The van der Waals surface area contributed by atoms with E-state index in [1.165, 1.54) is 0 Å². The summed E-state index contributed by atoms with van der Waals surface area (Å²) in [6.07, 6.45) is 0. The number of nitrogens with zero attached hydrogens (tertiary/aromatic N) is 1. The summed E-state index contributed by atoms with van der Waals surface area (Å²) in [7, 11) is 3.32. The van der Waals surface area contributed by atoms with Crippen molar-refractivity contribution < 1.29 is 14.2 Å². The first-order chi connectivity index (χ1) is 15.1. The van der Waals surface area contributed by atoms with Gasteiger partial charge in [0.25, 0.3) is 0 Å². The van der Waals surface area contributed by atoms with Crippen LogP contribution in [0.15, 0.2) is 72.8 Å². The summed E-state index contributed by atoms with van der Waals surface area (Å²) in [5, 5.41) is 3.99. The molecule has 0 atom stereocenters. The number of methoxy groups -OCH3 is 2. The molecule has 5 nitrogen and oxygen atoms in total. The molecule has 0 saturated heterocycles. The smallest absolute Gasteiger partial charge is 0.174 e. The number of nitrogens with one attached hydrogen (secondary N) is 1. The van der Waals surface area contributed by atoms with Crippen molar-refractivity contribution in [1.82, 2.24) is 4.90 Å². The van der Waals surface area contributed by atoms with Gasteiger partial charge in [-0.1, -0.05) is 24.3 Å². The minimum atomic E-state index is 0.648. The Kier molecular flexibility index (Phi) is 8.12. The highest BCUT2D eigenvalue weighted by molar-refractivity contribution is 7.80. The molecule has 0 heterocycles. The van der Waals surface area contributed by atoms with Gasteiger partial charge < -0.3 is 24.4 Å². The Morgan fingerprint density at radius 1 is 0.742 bits per heavy atom. The topological polar surface area (TPSA) is 43.0 Å². The lowest BCUT2D eigenvalue weighted by Crippen LogP contribution is -2.33. The zero-order valence-electron chi connectivity index (χ0n) is 18.1. The number of hydrogen-bond acceptors (Lipinski definition) is 4. The summed E-state index contributed by atoms with van der Waals surface area (Å²) in [5.74, 6) is 2.51. The zero-order chi connectivity index (χ0) is 22.1. The predicted molar refractivity (Wildman–Crippen MR) is 129 cm³/mol. The van der Waals surface area contributed by atoms with Crippen LogP contribution in [0.1, 0.15) is 18.1 Å². The second-order valence-corrected chi connectivity index (χ2v) is 7.33. The van der Waals surface area contributed by atoms with Gasteiger partial charge in [0, 0.05) is 18.8 Å². The molecule has 0 aromatic heterocycles. The van der Waals surface area contributed by atoms with Crippen LogP contribution < -0.4 is 19.5 Å². The van der Waals surface area contributed by atoms with E-state index in [-0.39, 0.29) is 0 Å². The van der Waals surface area contributed by atoms with Crippen molar-refractivity contribution in [2.45, 2.75) is 20.0 Å². The first kappa shape index (κ1) is 22.4.